The molecule has 0 saturated carbocycles. The summed E-state index contributed by atoms with van der Waals surface area (Å²) >= 11 is 0. The Morgan fingerprint density at radius 2 is 1.72 bits per heavy atom. The number of amides is 2. The zero-order chi connectivity index (χ0) is 18.4. The number of nitrogens with zero attached hydrogens (tertiary/aromatic N) is 4. The number of carbonyl (C=O) groups excluding carboxylic acids is 1. The third-order valence-electron chi connectivity index (χ3n) is 3.69. The smallest absolute Gasteiger partial charge is 0.348 e. The summed E-state index contributed by atoms with van der Waals surface area (Å²) in [5.41, 5.74) is 3.64. The number of guanidine groups is 1. The number of aromatic nitrogens is 1. The van der Waals surface area contributed by atoms with E-state index < -0.39 is 6.03 Å². The van der Waals surface area contributed by atoms with Crippen LogP contribution in [0.3, 0.4) is 0 Å². The summed E-state index contributed by atoms with van der Waals surface area (Å²) in [7, 11) is 7.40. The van der Waals surface area contributed by atoms with Gasteiger partial charge in [-0.25, -0.2) is 4.79 Å². The average molecular weight is 339 g/mol. The van der Waals surface area contributed by atoms with E-state index in [1.54, 1.807) is 16.0 Å². The van der Waals surface area contributed by atoms with E-state index in [-0.39, 0.29) is 0 Å². The zero-order valence-electron chi connectivity index (χ0n) is 15.4. The molecule has 0 spiro atoms. The van der Waals surface area contributed by atoms with E-state index in [2.05, 4.69) is 15.3 Å². The molecule has 1 N–H and O–H groups in total. The minimum atomic E-state index is -0.414. The predicted molar refractivity (Wildman–Crippen MR) is 102 cm³/mol. The van der Waals surface area contributed by atoms with Gasteiger partial charge in [-0.05, 0) is 24.1 Å². The number of aliphatic imine (C=N–C) groups is 1. The van der Waals surface area contributed by atoms with Crippen LogP contribution in [-0.2, 0) is 6.42 Å². The summed E-state index contributed by atoms with van der Waals surface area (Å²) in [5.74, 6) is 0.573. The van der Waals surface area contributed by atoms with Gasteiger partial charge in [-0.1, -0.05) is 30.3 Å². The molecule has 0 saturated heterocycles. The molecule has 2 rings (SSSR count). The number of nitrogens with one attached hydrogen (secondary N) is 1. The molecule has 6 heteroatoms. The summed E-state index contributed by atoms with van der Waals surface area (Å²) in [5, 5.41) is 2.90. The van der Waals surface area contributed by atoms with Crippen molar-refractivity contribution in [3.05, 3.63) is 59.4 Å². The van der Waals surface area contributed by atoms with E-state index in [1.165, 1.54) is 0 Å². The van der Waals surface area contributed by atoms with Crippen molar-refractivity contribution in [1.82, 2.24) is 14.8 Å². The van der Waals surface area contributed by atoms with Gasteiger partial charge in [-0.15, -0.1) is 0 Å². The Labute approximate surface area is 149 Å². The second-order valence-corrected chi connectivity index (χ2v) is 6.24. The number of carbonyl (C=O) groups is 1. The van der Waals surface area contributed by atoms with Crippen molar-refractivity contribution in [3.8, 4) is 0 Å². The molecule has 132 valence electrons. The van der Waals surface area contributed by atoms with Gasteiger partial charge >= 0.3 is 6.03 Å². The van der Waals surface area contributed by atoms with Crippen molar-refractivity contribution in [2.45, 2.75) is 13.3 Å². The number of hydrogen-bond donors (Lipinski definition) is 1. The Kier molecular flexibility index (Phi) is 6.11. The summed E-state index contributed by atoms with van der Waals surface area (Å²) in [6.45, 7) is 1.95. The molecule has 1 heterocycles. The van der Waals surface area contributed by atoms with Gasteiger partial charge < -0.3 is 15.1 Å². The summed E-state index contributed by atoms with van der Waals surface area (Å²) < 4.78 is 0. The maximum Gasteiger partial charge on any atom is 0.348 e. The first kappa shape index (κ1) is 18.4. The Bertz CT molecular complexity index is 744. The molecule has 0 atom stereocenters. The number of aryl methyl sites for hydroxylation is 1. The Balaban J connectivity index is 2.27. The molecule has 25 heavy (non-hydrogen) atoms. The van der Waals surface area contributed by atoms with Crippen LogP contribution in [0.1, 0.15) is 16.8 Å². The lowest BCUT2D eigenvalue weighted by Crippen LogP contribution is -2.36. The SMILES string of the molecule is Cc1ccnc(Cc2ccccc2)c1NC(=O)N=C(N(C)C)N(C)C. The van der Waals surface area contributed by atoms with Crippen LogP contribution < -0.4 is 5.32 Å². The third kappa shape index (κ3) is 5.04. The Hall–Kier alpha value is -2.89. The molecule has 0 radical (unpaired) electrons. The number of anilines is 1. The monoisotopic (exact) mass is 339 g/mol. The van der Waals surface area contributed by atoms with E-state index in [9.17, 15) is 4.79 Å². The fourth-order valence-corrected chi connectivity index (χ4v) is 2.53. The highest BCUT2D eigenvalue weighted by Crippen LogP contribution is 2.21. The fourth-order valence-electron chi connectivity index (χ4n) is 2.53. The van der Waals surface area contributed by atoms with Crippen LogP contribution in [0.2, 0.25) is 0 Å². The van der Waals surface area contributed by atoms with Crippen LogP contribution in [0.25, 0.3) is 0 Å². The first-order valence-corrected chi connectivity index (χ1v) is 8.11. The van der Waals surface area contributed by atoms with E-state index in [1.807, 2.05) is 71.5 Å². The van der Waals surface area contributed by atoms with E-state index in [0.29, 0.717) is 12.4 Å². The highest BCUT2D eigenvalue weighted by molar-refractivity contribution is 5.99. The zero-order valence-corrected chi connectivity index (χ0v) is 15.4. The molecule has 0 aliphatic heterocycles. The van der Waals surface area contributed by atoms with E-state index in [0.717, 1.165) is 22.5 Å². The Morgan fingerprint density at radius 1 is 1.08 bits per heavy atom. The van der Waals surface area contributed by atoms with Gasteiger partial charge in [0.15, 0.2) is 0 Å². The highest BCUT2D eigenvalue weighted by atomic mass is 16.2. The van der Waals surface area contributed by atoms with Crippen LogP contribution in [-0.4, -0.2) is 55.0 Å². The highest BCUT2D eigenvalue weighted by Gasteiger charge is 2.13. The van der Waals surface area contributed by atoms with Gasteiger partial charge in [0.1, 0.15) is 0 Å². The maximum absolute atomic E-state index is 12.4. The molecule has 0 aliphatic rings. The standard InChI is InChI=1S/C19H25N5O/c1-14-11-12-20-16(13-15-9-7-6-8-10-15)17(14)21-18(25)22-19(23(2)3)24(4)5/h6-12H,13H2,1-5H3,(H,21,25). The molecule has 0 aliphatic carbocycles. The number of pyridine rings is 1. The van der Waals surface area contributed by atoms with Crippen molar-refractivity contribution >= 4 is 17.7 Å². The molecule has 2 amide bonds. The molecule has 0 unspecified atom stereocenters. The fraction of sp³-hybridized carbons (Fsp3) is 0.316. The van der Waals surface area contributed by atoms with Crippen molar-refractivity contribution in [2.75, 3.05) is 33.5 Å². The Morgan fingerprint density at radius 3 is 2.32 bits per heavy atom. The first-order valence-electron chi connectivity index (χ1n) is 8.11. The van der Waals surface area contributed by atoms with Crippen LogP contribution in [0.4, 0.5) is 10.5 Å². The van der Waals surface area contributed by atoms with Crippen LogP contribution in [0.5, 0.6) is 0 Å². The summed E-state index contributed by atoms with van der Waals surface area (Å²) in [6, 6.07) is 11.5. The van der Waals surface area contributed by atoms with Crippen molar-refractivity contribution in [3.63, 3.8) is 0 Å². The van der Waals surface area contributed by atoms with Crippen LogP contribution in [0, 0.1) is 6.92 Å². The number of urea groups is 1. The normalized spacial score (nSPS) is 10.1. The first-order chi connectivity index (χ1) is 11.9. The molecule has 6 nitrogen and oxygen atoms in total. The summed E-state index contributed by atoms with van der Waals surface area (Å²) in [4.78, 5) is 24.6. The number of benzene rings is 1. The van der Waals surface area contributed by atoms with Crippen molar-refractivity contribution in [1.29, 1.82) is 0 Å². The maximum atomic E-state index is 12.4. The van der Waals surface area contributed by atoms with E-state index in [4.69, 9.17) is 0 Å². The van der Waals surface area contributed by atoms with Gasteiger partial charge in [0.05, 0.1) is 11.4 Å². The lowest BCUT2D eigenvalue weighted by atomic mass is 10.1. The van der Waals surface area contributed by atoms with E-state index >= 15 is 0 Å². The lowest BCUT2D eigenvalue weighted by molar-refractivity contribution is 0.258. The predicted octanol–water partition coefficient (Wildman–Crippen LogP) is 2.99. The molecule has 2 aromatic rings. The number of hydrogen-bond acceptors (Lipinski definition) is 2. The molecule has 0 fully saturated rings. The quantitative estimate of drug-likeness (QED) is 0.690. The molecule has 1 aromatic heterocycles. The molecular formula is C19H25N5O. The average Bonchev–Trinajstić information content (AvgIpc) is 2.56. The second-order valence-electron chi connectivity index (χ2n) is 6.24. The van der Waals surface area contributed by atoms with Gasteiger partial charge in [0.25, 0.3) is 0 Å². The van der Waals surface area contributed by atoms with Crippen LogP contribution in [0.15, 0.2) is 47.6 Å². The number of rotatable bonds is 3. The molecule has 1 aromatic carbocycles. The largest absolute Gasteiger partial charge is 0.349 e. The molecule has 0 bridgehead atoms. The van der Waals surface area contributed by atoms with Gasteiger partial charge in [0.2, 0.25) is 5.96 Å². The third-order valence-corrected chi connectivity index (χ3v) is 3.69. The summed E-state index contributed by atoms with van der Waals surface area (Å²) in [6.07, 6.45) is 2.41. The van der Waals surface area contributed by atoms with Crippen molar-refractivity contribution in [2.24, 2.45) is 4.99 Å². The minimum Gasteiger partial charge on any atom is -0.349 e. The topological polar surface area (TPSA) is 60.8 Å². The van der Waals surface area contributed by atoms with Gasteiger partial charge in [-0.2, -0.15) is 4.99 Å². The molecular weight excluding hydrogens is 314 g/mol. The van der Waals surface area contributed by atoms with Gasteiger partial charge in [0, 0.05) is 40.8 Å². The second kappa shape index (κ2) is 8.28. The van der Waals surface area contributed by atoms with Crippen LogP contribution >= 0.6 is 0 Å². The van der Waals surface area contributed by atoms with Crippen molar-refractivity contribution < 1.29 is 4.79 Å². The van der Waals surface area contributed by atoms with Gasteiger partial charge in [-0.3, -0.25) is 4.98 Å². The lowest BCUT2D eigenvalue weighted by Gasteiger charge is -2.22. The minimum absolute atomic E-state index is 0.414.